The summed E-state index contributed by atoms with van der Waals surface area (Å²) in [6.45, 7) is 8.89. The van der Waals surface area contributed by atoms with Crippen LogP contribution in [0.5, 0.6) is 0 Å². The van der Waals surface area contributed by atoms with Crippen molar-refractivity contribution < 1.29 is 0 Å². The highest BCUT2D eigenvalue weighted by Crippen LogP contribution is 2.35. The van der Waals surface area contributed by atoms with Crippen LogP contribution in [0.3, 0.4) is 0 Å². The Labute approximate surface area is 142 Å². The lowest BCUT2D eigenvalue weighted by Gasteiger charge is -2.30. The molecule has 1 aromatic rings. The molecule has 5 heteroatoms. The maximum Gasteiger partial charge on any atom is 0.0781 e. The highest BCUT2D eigenvalue weighted by Gasteiger charge is 2.17. The minimum absolute atomic E-state index is 0.163. The van der Waals surface area contributed by atoms with E-state index in [9.17, 15) is 0 Å². The Morgan fingerprint density at radius 2 is 1.86 bits per heavy atom. The molecule has 118 valence electrons. The number of halogens is 3. The van der Waals surface area contributed by atoms with Crippen molar-refractivity contribution in [3.8, 4) is 0 Å². The van der Waals surface area contributed by atoms with E-state index in [4.69, 9.17) is 34.8 Å². The van der Waals surface area contributed by atoms with E-state index in [1.165, 1.54) is 25.9 Å². The van der Waals surface area contributed by atoms with Crippen molar-refractivity contribution in [1.82, 2.24) is 10.2 Å². The van der Waals surface area contributed by atoms with E-state index < -0.39 is 0 Å². The molecule has 1 saturated heterocycles. The summed E-state index contributed by atoms with van der Waals surface area (Å²) in [5.41, 5.74) is 0.998. The van der Waals surface area contributed by atoms with Crippen LogP contribution in [0, 0.1) is 5.92 Å². The summed E-state index contributed by atoms with van der Waals surface area (Å²) in [4.78, 5) is 2.52. The summed E-state index contributed by atoms with van der Waals surface area (Å²) in [5.74, 6) is 0.878. The van der Waals surface area contributed by atoms with Gasteiger partial charge in [-0.2, -0.15) is 0 Å². The normalized spacial score (nSPS) is 18.9. The van der Waals surface area contributed by atoms with Crippen LogP contribution in [-0.4, -0.2) is 31.1 Å². The molecule has 1 aliphatic rings. The smallest absolute Gasteiger partial charge is 0.0781 e. The fourth-order valence-electron chi connectivity index (χ4n) is 2.71. The summed E-state index contributed by atoms with van der Waals surface area (Å²) >= 11 is 18.3. The zero-order valence-electron chi connectivity index (χ0n) is 12.6. The van der Waals surface area contributed by atoms with E-state index in [1.807, 2.05) is 6.07 Å². The maximum absolute atomic E-state index is 6.27. The average molecular weight is 350 g/mol. The average Bonchev–Trinajstić information content (AvgIpc) is 2.47. The second-order valence-electron chi connectivity index (χ2n) is 5.96. The largest absolute Gasteiger partial charge is 0.309 e. The van der Waals surface area contributed by atoms with E-state index in [1.54, 1.807) is 6.07 Å². The quantitative estimate of drug-likeness (QED) is 0.750. The van der Waals surface area contributed by atoms with Gasteiger partial charge in [-0.3, -0.25) is 0 Å². The topological polar surface area (TPSA) is 15.3 Å². The van der Waals surface area contributed by atoms with Crippen molar-refractivity contribution in [1.29, 1.82) is 0 Å². The lowest BCUT2D eigenvalue weighted by molar-refractivity contribution is 0.191. The minimum atomic E-state index is 0.163. The molecule has 1 unspecified atom stereocenters. The van der Waals surface area contributed by atoms with Crippen molar-refractivity contribution in [2.45, 2.75) is 32.7 Å². The molecule has 0 radical (unpaired) electrons. The maximum atomic E-state index is 6.27. The summed E-state index contributed by atoms with van der Waals surface area (Å²) in [7, 11) is 0. The van der Waals surface area contributed by atoms with Gasteiger partial charge in [-0.25, -0.2) is 0 Å². The number of piperidine rings is 1. The van der Waals surface area contributed by atoms with Crippen LogP contribution in [0.1, 0.15) is 38.3 Å². The van der Waals surface area contributed by atoms with Gasteiger partial charge < -0.3 is 10.2 Å². The van der Waals surface area contributed by atoms with Gasteiger partial charge in [-0.1, -0.05) is 47.8 Å². The second kappa shape index (κ2) is 8.03. The number of rotatable bonds is 5. The van der Waals surface area contributed by atoms with Gasteiger partial charge in [-0.15, -0.1) is 0 Å². The molecular weight excluding hydrogens is 327 g/mol. The summed E-state index contributed by atoms with van der Waals surface area (Å²) in [6.07, 6.45) is 2.63. The predicted molar refractivity (Wildman–Crippen MR) is 92.7 cm³/mol. The Kier molecular flexibility index (Phi) is 6.64. The van der Waals surface area contributed by atoms with Crippen LogP contribution in [0.4, 0.5) is 0 Å². The van der Waals surface area contributed by atoms with E-state index in [0.29, 0.717) is 15.1 Å². The molecule has 0 amide bonds. The van der Waals surface area contributed by atoms with Crippen molar-refractivity contribution in [2.24, 2.45) is 5.92 Å². The molecule has 0 saturated carbocycles. The third kappa shape index (κ3) is 4.74. The number of benzene rings is 1. The summed E-state index contributed by atoms with van der Waals surface area (Å²) < 4.78 is 0. The van der Waals surface area contributed by atoms with Crippen molar-refractivity contribution in [2.75, 3.05) is 26.2 Å². The molecule has 2 nitrogen and oxygen atoms in total. The Hall–Kier alpha value is 0.01000. The third-order valence-corrected chi connectivity index (χ3v) is 5.59. The van der Waals surface area contributed by atoms with Gasteiger partial charge in [0.1, 0.15) is 0 Å². The molecule has 1 heterocycles. The zero-order valence-corrected chi connectivity index (χ0v) is 14.9. The summed E-state index contributed by atoms with van der Waals surface area (Å²) in [5, 5.41) is 5.01. The fourth-order valence-corrected chi connectivity index (χ4v) is 3.42. The monoisotopic (exact) mass is 348 g/mol. The van der Waals surface area contributed by atoms with Crippen LogP contribution in [0.25, 0.3) is 0 Å². The van der Waals surface area contributed by atoms with Gasteiger partial charge in [-0.05, 0) is 50.4 Å². The number of hydrogen-bond donors (Lipinski definition) is 1. The molecule has 1 fully saturated rings. The van der Waals surface area contributed by atoms with Crippen LogP contribution in [-0.2, 0) is 0 Å². The first-order valence-electron chi connectivity index (χ1n) is 7.58. The number of likely N-dealkylation sites (tertiary alicyclic amines) is 1. The highest BCUT2D eigenvalue weighted by atomic mass is 35.5. The van der Waals surface area contributed by atoms with Crippen molar-refractivity contribution >= 4 is 34.8 Å². The second-order valence-corrected chi connectivity index (χ2v) is 7.13. The molecular formula is C16H23Cl3N2. The van der Waals surface area contributed by atoms with Crippen LogP contribution in [0.2, 0.25) is 15.1 Å². The lowest BCUT2D eigenvalue weighted by Crippen LogP contribution is -2.38. The van der Waals surface area contributed by atoms with Gasteiger partial charge in [0.25, 0.3) is 0 Å². The molecule has 1 N–H and O–H groups in total. The molecule has 0 bridgehead atoms. The SMILES string of the molecule is CC1CCN(CCNC(C)c2ccc(Cl)c(Cl)c2Cl)CC1. The molecule has 0 spiro atoms. The molecule has 0 aromatic heterocycles. The third-order valence-electron chi connectivity index (χ3n) is 4.29. The van der Waals surface area contributed by atoms with E-state index in [-0.39, 0.29) is 6.04 Å². The molecule has 0 aliphatic carbocycles. The van der Waals surface area contributed by atoms with Gasteiger partial charge in [0.2, 0.25) is 0 Å². The Morgan fingerprint density at radius 3 is 2.52 bits per heavy atom. The fraction of sp³-hybridized carbons (Fsp3) is 0.625. The Morgan fingerprint density at radius 1 is 1.19 bits per heavy atom. The van der Waals surface area contributed by atoms with Crippen LogP contribution < -0.4 is 5.32 Å². The van der Waals surface area contributed by atoms with E-state index in [2.05, 4.69) is 24.1 Å². The molecule has 1 aromatic carbocycles. The number of nitrogens with zero attached hydrogens (tertiary/aromatic N) is 1. The van der Waals surface area contributed by atoms with Gasteiger partial charge in [0.05, 0.1) is 15.1 Å². The van der Waals surface area contributed by atoms with Crippen molar-refractivity contribution in [3.05, 3.63) is 32.8 Å². The molecule has 1 aliphatic heterocycles. The predicted octanol–water partition coefficient (Wildman–Crippen LogP) is 5.03. The lowest BCUT2D eigenvalue weighted by atomic mass is 9.99. The van der Waals surface area contributed by atoms with Crippen LogP contribution in [0.15, 0.2) is 12.1 Å². The molecule has 21 heavy (non-hydrogen) atoms. The van der Waals surface area contributed by atoms with Crippen molar-refractivity contribution in [3.63, 3.8) is 0 Å². The number of hydrogen-bond acceptors (Lipinski definition) is 2. The van der Waals surface area contributed by atoms with Gasteiger partial charge in [0.15, 0.2) is 0 Å². The number of nitrogens with one attached hydrogen (secondary N) is 1. The van der Waals surface area contributed by atoms with E-state index in [0.717, 1.165) is 24.6 Å². The summed E-state index contributed by atoms with van der Waals surface area (Å²) in [6, 6.07) is 3.91. The Balaban J connectivity index is 1.82. The highest BCUT2D eigenvalue weighted by molar-refractivity contribution is 6.48. The van der Waals surface area contributed by atoms with E-state index >= 15 is 0 Å². The standard InChI is InChI=1S/C16H23Cl3N2/c1-11-5-8-21(9-6-11)10-7-20-12(2)13-3-4-14(17)16(19)15(13)18/h3-4,11-12,20H,5-10H2,1-2H3. The van der Waals surface area contributed by atoms with Gasteiger partial charge in [0, 0.05) is 19.1 Å². The molecule has 1 atom stereocenters. The minimum Gasteiger partial charge on any atom is -0.309 e. The first kappa shape index (κ1) is 17.4. The first-order chi connectivity index (χ1) is 9.99. The Bertz CT molecular complexity index is 471. The van der Waals surface area contributed by atoms with Crippen LogP contribution >= 0.6 is 34.8 Å². The first-order valence-corrected chi connectivity index (χ1v) is 8.71. The van der Waals surface area contributed by atoms with Gasteiger partial charge >= 0.3 is 0 Å². The molecule has 2 rings (SSSR count). The zero-order chi connectivity index (χ0) is 15.4.